The van der Waals surface area contributed by atoms with Gasteiger partial charge in [0.2, 0.25) is 5.91 Å². The standard InChI is InChI=1S/C13H14ClN3O/c14-9-2-1-3-11(6-9)16-12(8-15)7-13(18)17-10-4-5-10/h1-3,6,10,12,16H,4-5,7H2,(H,17,18). The molecule has 0 saturated heterocycles. The molecular weight excluding hydrogens is 250 g/mol. The van der Waals surface area contributed by atoms with Crippen molar-refractivity contribution in [2.24, 2.45) is 0 Å². The predicted molar refractivity (Wildman–Crippen MR) is 70.3 cm³/mol. The summed E-state index contributed by atoms with van der Waals surface area (Å²) in [6.07, 6.45) is 2.24. The van der Waals surface area contributed by atoms with Gasteiger partial charge in [0.25, 0.3) is 0 Å². The van der Waals surface area contributed by atoms with Gasteiger partial charge in [-0.25, -0.2) is 0 Å². The molecule has 1 aliphatic carbocycles. The van der Waals surface area contributed by atoms with Gasteiger partial charge in [-0.2, -0.15) is 5.26 Å². The summed E-state index contributed by atoms with van der Waals surface area (Å²) >= 11 is 5.85. The van der Waals surface area contributed by atoms with E-state index in [0.717, 1.165) is 18.5 Å². The zero-order chi connectivity index (χ0) is 13.0. The number of benzene rings is 1. The fourth-order valence-electron chi connectivity index (χ4n) is 1.61. The number of anilines is 1. The van der Waals surface area contributed by atoms with Crippen LogP contribution in [0.2, 0.25) is 5.02 Å². The molecule has 5 heteroatoms. The van der Waals surface area contributed by atoms with Crippen LogP contribution in [-0.4, -0.2) is 18.0 Å². The summed E-state index contributed by atoms with van der Waals surface area (Å²) in [5.74, 6) is -0.0846. The molecule has 1 atom stereocenters. The monoisotopic (exact) mass is 263 g/mol. The lowest BCUT2D eigenvalue weighted by Gasteiger charge is -2.12. The van der Waals surface area contributed by atoms with Crippen molar-refractivity contribution >= 4 is 23.2 Å². The molecule has 1 fully saturated rings. The van der Waals surface area contributed by atoms with Crippen molar-refractivity contribution in [1.29, 1.82) is 5.26 Å². The molecule has 4 nitrogen and oxygen atoms in total. The molecule has 0 aliphatic heterocycles. The van der Waals surface area contributed by atoms with Crippen LogP contribution in [0.3, 0.4) is 0 Å². The third kappa shape index (κ3) is 3.94. The molecule has 1 amide bonds. The molecule has 0 spiro atoms. The highest BCUT2D eigenvalue weighted by molar-refractivity contribution is 6.30. The van der Waals surface area contributed by atoms with Crippen molar-refractivity contribution in [3.63, 3.8) is 0 Å². The van der Waals surface area contributed by atoms with Gasteiger partial charge in [-0.1, -0.05) is 17.7 Å². The summed E-state index contributed by atoms with van der Waals surface area (Å²) in [6.45, 7) is 0. The summed E-state index contributed by atoms with van der Waals surface area (Å²) in [5.41, 5.74) is 0.744. The number of hydrogen-bond donors (Lipinski definition) is 2. The number of carbonyl (C=O) groups excluding carboxylic acids is 1. The minimum Gasteiger partial charge on any atom is -0.369 e. The zero-order valence-electron chi connectivity index (χ0n) is 9.82. The van der Waals surface area contributed by atoms with E-state index in [-0.39, 0.29) is 12.3 Å². The quantitative estimate of drug-likeness (QED) is 0.857. The van der Waals surface area contributed by atoms with E-state index in [0.29, 0.717) is 11.1 Å². The van der Waals surface area contributed by atoms with Crippen LogP contribution in [0.1, 0.15) is 19.3 Å². The molecule has 1 aromatic rings. The lowest BCUT2D eigenvalue weighted by atomic mass is 10.2. The molecule has 0 aromatic heterocycles. The first-order chi connectivity index (χ1) is 8.67. The normalized spacial score (nSPS) is 15.6. The van der Waals surface area contributed by atoms with Crippen molar-refractivity contribution in [1.82, 2.24) is 5.32 Å². The molecule has 1 aliphatic rings. The van der Waals surface area contributed by atoms with Gasteiger partial charge in [0.05, 0.1) is 12.5 Å². The van der Waals surface area contributed by atoms with Crippen molar-refractivity contribution in [2.75, 3.05) is 5.32 Å². The van der Waals surface area contributed by atoms with E-state index in [2.05, 4.69) is 16.7 Å². The summed E-state index contributed by atoms with van der Waals surface area (Å²) < 4.78 is 0. The Morgan fingerprint density at radius 3 is 2.94 bits per heavy atom. The summed E-state index contributed by atoms with van der Waals surface area (Å²) in [6, 6.07) is 8.96. The molecule has 1 unspecified atom stereocenters. The van der Waals surface area contributed by atoms with Gasteiger partial charge < -0.3 is 10.6 Å². The van der Waals surface area contributed by atoms with Crippen LogP contribution in [-0.2, 0) is 4.79 Å². The average molecular weight is 264 g/mol. The van der Waals surface area contributed by atoms with Crippen LogP contribution in [0, 0.1) is 11.3 Å². The van der Waals surface area contributed by atoms with Crippen LogP contribution >= 0.6 is 11.6 Å². The Kier molecular flexibility index (Phi) is 4.06. The number of nitrogens with one attached hydrogen (secondary N) is 2. The first kappa shape index (κ1) is 12.7. The molecular formula is C13H14ClN3O. The van der Waals surface area contributed by atoms with E-state index < -0.39 is 6.04 Å². The molecule has 0 bridgehead atoms. The lowest BCUT2D eigenvalue weighted by molar-refractivity contribution is -0.121. The van der Waals surface area contributed by atoms with Crippen molar-refractivity contribution in [2.45, 2.75) is 31.3 Å². The number of rotatable bonds is 5. The fourth-order valence-corrected chi connectivity index (χ4v) is 1.80. The SMILES string of the molecule is N#CC(CC(=O)NC1CC1)Nc1cccc(Cl)c1. The Hall–Kier alpha value is -1.73. The predicted octanol–water partition coefficient (Wildman–Crippen LogP) is 2.31. The van der Waals surface area contributed by atoms with Gasteiger partial charge in [-0.05, 0) is 31.0 Å². The van der Waals surface area contributed by atoms with Crippen LogP contribution in [0.15, 0.2) is 24.3 Å². The van der Waals surface area contributed by atoms with Crippen LogP contribution in [0.5, 0.6) is 0 Å². The fraction of sp³-hybridized carbons (Fsp3) is 0.385. The second-order valence-corrected chi connectivity index (χ2v) is 4.82. The van der Waals surface area contributed by atoms with E-state index in [1.165, 1.54) is 0 Å². The van der Waals surface area contributed by atoms with Gasteiger partial charge in [0, 0.05) is 16.8 Å². The summed E-state index contributed by atoms with van der Waals surface area (Å²) in [4.78, 5) is 11.6. The highest BCUT2D eigenvalue weighted by atomic mass is 35.5. The van der Waals surface area contributed by atoms with Gasteiger partial charge >= 0.3 is 0 Å². The zero-order valence-corrected chi connectivity index (χ0v) is 10.6. The maximum atomic E-state index is 11.6. The topological polar surface area (TPSA) is 64.9 Å². The highest BCUT2D eigenvalue weighted by Gasteiger charge is 2.24. The Bertz CT molecular complexity index is 479. The number of hydrogen-bond acceptors (Lipinski definition) is 3. The smallest absolute Gasteiger partial charge is 0.223 e. The Morgan fingerprint density at radius 2 is 2.33 bits per heavy atom. The Balaban J connectivity index is 1.88. The van der Waals surface area contributed by atoms with E-state index >= 15 is 0 Å². The van der Waals surface area contributed by atoms with Crippen molar-refractivity contribution in [3.8, 4) is 6.07 Å². The third-order valence-electron chi connectivity index (χ3n) is 2.65. The lowest BCUT2D eigenvalue weighted by Crippen LogP contribution is -2.31. The van der Waals surface area contributed by atoms with Gasteiger partial charge in [0.1, 0.15) is 6.04 Å². The minimum absolute atomic E-state index is 0.0846. The maximum Gasteiger partial charge on any atom is 0.223 e. The summed E-state index contributed by atoms with van der Waals surface area (Å²) in [5, 5.41) is 15.5. The molecule has 0 radical (unpaired) electrons. The number of nitrogens with zero attached hydrogens (tertiary/aromatic N) is 1. The molecule has 1 aromatic carbocycles. The van der Waals surface area contributed by atoms with E-state index in [4.69, 9.17) is 16.9 Å². The summed E-state index contributed by atoms with van der Waals surface area (Å²) in [7, 11) is 0. The molecule has 2 rings (SSSR count). The van der Waals surface area contributed by atoms with Gasteiger partial charge in [0.15, 0.2) is 0 Å². The first-order valence-electron chi connectivity index (χ1n) is 5.88. The molecule has 2 N–H and O–H groups in total. The number of carbonyl (C=O) groups is 1. The van der Waals surface area contributed by atoms with Crippen LogP contribution < -0.4 is 10.6 Å². The molecule has 0 heterocycles. The van der Waals surface area contributed by atoms with Crippen LogP contribution in [0.25, 0.3) is 0 Å². The number of amides is 1. The minimum atomic E-state index is -0.540. The van der Waals surface area contributed by atoms with Crippen LogP contribution in [0.4, 0.5) is 5.69 Å². The van der Waals surface area contributed by atoms with Gasteiger partial charge in [-0.15, -0.1) is 0 Å². The Labute approximate surface area is 111 Å². The molecule has 94 valence electrons. The maximum absolute atomic E-state index is 11.6. The second kappa shape index (κ2) is 5.74. The average Bonchev–Trinajstić information content (AvgIpc) is 3.12. The third-order valence-corrected chi connectivity index (χ3v) is 2.89. The molecule has 18 heavy (non-hydrogen) atoms. The number of nitriles is 1. The van der Waals surface area contributed by atoms with Crippen molar-refractivity contribution in [3.05, 3.63) is 29.3 Å². The van der Waals surface area contributed by atoms with Crippen molar-refractivity contribution < 1.29 is 4.79 Å². The largest absolute Gasteiger partial charge is 0.369 e. The second-order valence-electron chi connectivity index (χ2n) is 4.38. The van der Waals surface area contributed by atoms with E-state index in [1.807, 2.05) is 6.07 Å². The highest BCUT2D eigenvalue weighted by Crippen LogP contribution is 2.19. The first-order valence-corrected chi connectivity index (χ1v) is 6.26. The number of halogens is 1. The molecule has 1 saturated carbocycles. The van der Waals surface area contributed by atoms with Gasteiger partial charge in [-0.3, -0.25) is 4.79 Å². The van der Waals surface area contributed by atoms with E-state index in [9.17, 15) is 4.79 Å². The van der Waals surface area contributed by atoms with E-state index in [1.54, 1.807) is 18.2 Å². The Morgan fingerprint density at radius 1 is 1.56 bits per heavy atom.